The molecule has 1 aromatic rings. The first-order chi connectivity index (χ1) is 9.79. The molecule has 0 aliphatic carbocycles. The summed E-state index contributed by atoms with van der Waals surface area (Å²) in [7, 11) is 0. The van der Waals surface area contributed by atoms with Gasteiger partial charge >= 0.3 is 0 Å². The molecule has 6 heteroatoms. The molecule has 0 aliphatic rings. The zero-order chi connectivity index (χ0) is 16.0. The predicted molar refractivity (Wildman–Crippen MR) is 76.7 cm³/mol. The average molecular weight is 298 g/mol. The molecule has 0 aromatic heterocycles. The van der Waals surface area contributed by atoms with Crippen molar-refractivity contribution in [1.29, 1.82) is 0 Å². The van der Waals surface area contributed by atoms with Crippen molar-refractivity contribution in [1.82, 2.24) is 4.90 Å². The fraction of sp³-hybridized carbons (Fsp3) is 0.467. The molecule has 4 nitrogen and oxygen atoms in total. The maximum atomic E-state index is 13.0. The van der Waals surface area contributed by atoms with Crippen LogP contribution in [0.3, 0.4) is 0 Å². The van der Waals surface area contributed by atoms with Crippen molar-refractivity contribution in [2.75, 3.05) is 18.4 Å². The van der Waals surface area contributed by atoms with Crippen molar-refractivity contribution in [3.05, 3.63) is 29.8 Å². The maximum Gasteiger partial charge on any atom is 0.243 e. The lowest BCUT2D eigenvalue weighted by molar-refractivity contribution is -0.132. The number of amides is 2. The molecule has 0 saturated heterocycles. The number of carbonyl (C=O) groups is 2. The van der Waals surface area contributed by atoms with Crippen LogP contribution in [-0.2, 0) is 9.59 Å². The van der Waals surface area contributed by atoms with Crippen LogP contribution in [-0.4, -0.2) is 29.8 Å². The zero-order valence-corrected chi connectivity index (χ0v) is 12.5. The Morgan fingerprint density at radius 3 is 2.43 bits per heavy atom. The van der Waals surface area contributed by atoms with Crippen LogP contribution in [0, 0.1) is 17.6 Å². The minimum absolute atomic E-state index is 0.110. The molecule has 0 atom stereocenters. The Kier molecular flexibility index (Phi) is 6.27. The number of anilines is 1. The van der Waals surface area contributed by atoms with E-state index in [1.54, 1.807) is 0 Å². The third kappa shape index (κ3) is 5.89. The first-order valence-electron chi connectivity index (χ1n) is 6.80. The summed E-state index contributed by atoms with van der Waals surface area (Å²) < 4.78 is 25.8. The van der Waals surface area contributed by atoms with Gasteiger partial charge in [-0.25, -0.2) is 8.78 Å². The number of nitrogens with zero attached hydrogens (tertiary/aromatic N) is 1. The lowest BCUT2D eigenvalue weighted by Gasteiger charge is -2.21. The Bertz CT molecular complexity index is 518. The summed E-state index contributed by atoms with van der Waals surface area (Å²) in [5.41, 5.74) is 0.159. The highest BCUT2D eigenvalue weighted by molar-refractivity contribution is 5.94. The second-order valence-corrected chi connectivity index (χ2v) is 5.30. The van der Waals surface area contributed by atoms with E-state index >= 15 is 0 Å². The van der Waals surface area contributed by atoms with Crippen molar-refractivity contribution in [3.8, 4) is 0 Å². The van der Waals surface area contributed by atoms with Gasteiger partial charge in [-0.15, -0.1) is 0 Å². The van der Waals surface area contributed by atoms with Crippen LogP contribution in [0.1, 0.15) is 27.2 Å². The predicted octanol–water partition coefficient (Wildman–Crippen LogP) is 2.80. The number of halogens is 2. The van der Waals surface area contributed by atoms with Crippen molar-refractivity contribution in [2.24, 2.45) is 5.92 Å². The van der Waals surface area contributed by atoms with Crippen LogP contribution < -0.4 is 5.32 Å². The molecular formula is C15H20F2N2O2. The summed E-state index contributed by atoms with van der Waals surface area (Å²) >= 11 is 0. The number of benzene rings is 1. The smallest absolute Gasteiger partial charge is 0.243 e. The van der Waals surface area contributed by atoms with E-state index in [2.05, 4.69) is 5.32 Å². The van der Waals surface area contributed by atoms with Gasteiger partial charge in [0, 0.05) is 25.2 Å². The highest BCUT2D eigenvalue weighted by Crippen LogP contribution is 2.13. The summed E-state index contributed by atoms with van der Waals surface area (Å²) in [4.78, 5) is 24.8. The van der Waals surface area contributed by atoms with E-state index in [0.717, 1.165) is 18.6 Å². The van der Waals surface area contributed by atoms with E-state index in [1.807, 2.05) is 13.8 Å². The Labute approximate surface area is 123 Å². The van der Waals surface area contributed by atoms with Gasteiger partial charge in [-0.2, -0.15) is 0 Å². The number of carbonyl (C=O) groups excluding carboxylic acids is 2. The summed E-state index contributed by atoms with van der Waals surface area (Å²) in [6.07, 6.45) is 0.790. The molecule has 1 N–H and O–H groups in total. The van der Waals surface area contributed by atoms with Crippen molar-refractivity contribution in [2.45, 2.75) is 27.2 Å². The zero-order valence-electron chi connectivity index (χ0n) is 12.5. The standard InChI is InChI=1S/C15H20F2N2O2/c1-10(2)6-7-19(11(3)20)9-15(21)18-12-4-5-13(16)14(17)8-12/h4-5,8,10H,6-7,9H2,1-3H3,(H,18,21). The van der Waals surface area contributed by atoms with E-state index in [-0.39, 0.29) is 18.1 Å². The van der Waals surface area contributed by atoms with Gasteiger partial charge in [0.05, 0.1) is 6.54 Å². The molecule has 0 spiro atoms. The van der Waals surface area contributed by atoms with Gasteiger partial charge in [0.2, 0.25) is 11.8 Å². The molecule has 0 radical (unpaired) electrons. The van der Waals surface area contributed by atoms with Crippen LogP contribution in [0.15, 0.2) is 18.2 Å². The number of nitrogens with one attached hydrogen (secondary N) is 1. The summed E-state index contributed by atoms with van der Waals surface area (Å²) in [5, 5.41) is 2.44. The van der Waals surface area contributed by atoms with Crippen LogP contribution in [0.4, 0.5) is 14.5 Å². The van der Waals surface area contributed by atoms with Gasteiger partial charge in [0.25, 0.3) is 0 Å². The van der Waals surface area contributed by atoms with Gasteiger partial charge < -0.3 is 10.2 Å². The maximum absolute atomic E-state index is 13.0. The summed E-state index contributed by atoms with van der Waals surface area (Å²) in [6, 6.07) is 3.11. The van der Waals surface area contributed by atoms with Crippen LogP contribution in [0.5, 0.6) is 0 Å². The summed E-state index contributed by atoms with van der Waals surface area (Å²) in [5.74, 6) is -2.23. The number of hydrogen-bond donors (Lipinski definition) is 1. The van der Waals surface area contributed by atoms with Gasteiger partial charge in [-0.3, -0.25) is 9.59 Å². The average Bonchev–Trinajstić information content (AvgIpc) is 2.38. The lowest BCUT2D eigenvalue weighted by atomic mass is 10.1. The Balaban J connectivity index is 2.60. The largest absolute Gasteiger partial charge is 0.334 e. The highest BCUT2D eigenvalue weighted by atomic mass is 19.2. The van der Waals surface area contributed by atoms with Crippen LogP contribution in [0.25, 0.3) is 0 Å². The Morgan fingerprint density at radius 1 is 1.24 bits per heavy atom. The summed E-state index contributed by atoms with van der Waals surface area (Å²) in [6.45, 7) is 5.82. The van der Waals surface area contributed by atoms with E-state index in [4.69, 9.17) is 0 Å². The fourth-order valence-electron chi connectivity index (χ4n) is 1.71. The molecule has 21 heavy (non-hydrogen) atoms. The van der Waals surface area contributed by atoms with Crippen LogP contribution in [0.2, 0.25) is 0 Å². The third-order valence-electron chi connectivity index (χ3n) is 2.96. The molecule has 0 heterocycles. The minimum Gasteiger partial charge on any atom is -0.334 e. The first-order valence-corrected chi connectivity index (χ1v) is 6.80. The molecule has 0 saturated carbocycles. The normalized spacial score (nSPS) is 10.6. The quantitative estimate of drug-likeness (QED) is 0.878. The van der Waals surface area contributed by atoms with E-state index in [1.165, 1.54) is 17.9 Å². The second kappa shape index (κ2) is 7.71. The van der Waals surface area contributed by atoms with E-state index < -0.39 is 17.5 Å². The SMILES string of the molecule is CC(=O)N(CCC(C)C)CC(=O)Nc1ccc(F)c(F)c1. The fourth-order valence-corrected chi connectivity index (χ4v) is 1.71. The highest BCUT2D eigenvalue weighted by Gasteiger charge is 2.14. The van der Waals surface area contributed by atoms with Crippen LogP contribution >= 0.6 is 0 Å². The molecule has 2 amide bonds. The third-order valence-corrected chi connectivity index (χ3v) is 2.96. The first kappa shape index (κ1) is 17.1. The van der Waals surface area contributed by atoms with E-state index in [0.29, 0.717) is 12.5 Å². The monoisotopic (exact) mass is 298 g/mol. The van der Waals surface area contributed by atoms with E-state index in [9.17, 15) is 18.4 Å². The topological polar surface area (TPSA) is 49.4 Å². The van der Waals surface area contributed by atoms with Crippen molar-refractivity contribution < 1.29 is 18.4 Å². The number of rotatable bonds is 6. The second-order valence-electron chi connectivity index (χ2n) is 5.30. The number of hydrogen-bond acceptors (Lipinski definition) is 2. The Hall–Kier alpha value is -1.98. The van der Waals surface area contributed by atoms with Gasteiger partial charge in [-0.05, 0) is 24.5 Å². The molecule has 1 rings (SSSR count). The van der Waals surface area contributed by atoms with Crippen molar-refractivity contribution in [3.63, 3.8) is 0 Å². The van der Waals surface area contributed by atoms with Gasteiger partial charge in [-0.1, -0.05) is 13.8 Å². The van der Waals surface area contributed by atoms with Gasteiger partial charge in [0.15, 0.2) is 11.6 Å². The lowest BCUT2D eigenvalue weighted by Crippen LogP contribution is -2.37. The minimum atomic E-state index is -1.03. The molecule has 1 aromatic carbocycles. The molecule has 0 bridgehead atoms. The molecule has 116 valence electrons. The molecule has 0 unspecified atom stereocenters. The van der Waals surface area contributed by atoms with Gasteiger partial charge in [0.1, 0.15) is 0 Å². The molecule has 0 fully saturated rings. The molecular weight excluding hydrogens is 278 g/mol. The Morgan fingerprint density at radius 2 is 1.90 bits per heavy atom. The molecule has 0 aliphatic heterocycles. The van der Waals surface area contributed by atoms with Crippen molar-refractivity contribution >= 4 is 17.5 Å².